The van der Waals surface area contributed by atoms with Gasteiger partial charge in [-0.3, -0.25) is 19.3 Å². The summed E-state index contributed by atoms with van der Waals surface area (Å²) >= 11 is 0. The third-order valence-electron chi connectivity index (χ3n) is 3.71. The van der Waals surface area contributed by atoms with Crippen molar-refractivity contribution in [3.05, 3.63) is 11.6 Å². The first-order chi connectivity index (χ1) is 7.86. The maximum atomic E-state index is 12.1. The predicted octanol–water partition coefficient (Wildman–Crippen LogP) is 0.657. The minimum absolute atomic E-state index is 0.135. The highest BCUT2D eigenvalue weighted by Crippen LogP contribution is 2.44. The summed E-state index contributed by atoms with van der Waals surface area (Å²) in [6.07, 6.45) is 1.90. The molecule has 4 atom stereocenters. The third kappa shape index (κ3) is 1.49. The van der Waals surface area contributed by atoms with E-state index in [1.54, 1.807) is 6.92 Å². The molecule has 2 rings (SSSR count). The monoisotopic (exact) mass is 237 g/mol. The fourth-order valence-electron chi connectivity index (χ4n) is 3.10. The maximum absolute atomic E-state index is 12.1. The highest BCUT2D eigenvalue weighted by atomic mass is 16.4. The molecule has 0 unspecified atom stereocenters. The second-order valence-corrected chi connectivity index (χ2v) is 4.83. The van der Waals surface area contributed by atoms with Gasteiger partial charge in [-0.05, 0) is 12.8 Å². The van der Waals surface area contributed by atoms with Crippen molar-refractivity contribution in [2.75, 3.05) is 0 Å². The van der Waals surface area contributed by atoms with E-state index in [2.05, 4.69) is 0 Å². The number of likely N-dealkylation sites (tertiary alicyclic amines) is 1. The van der Waals surface area contributed by atoms with Crippen molar-refractivity contribution in [1.29, 1.82) is 0 Å². The standard InChI is InChI=1S/C12H15NO4/c1-5-4-6(2)10-9(12(16)17)8(5)11(15)13(10)7(3)14/h4-5,8-10H,1-3H3,(H,16,17)/t5-,8-,9-,10+/m0/s1. The third-order valence-corrected chi connectivity index (χ3v) is 3.71. The Morgan fingerprint density at radius 2 is 2.00 bits per heavy atom. The molecule has 0 aromatic rings. The van der Waals surface area contributed by atoms with Crippen LogP contribution in [0.4, 0.5) is 0 Å². The summed E-state index contributed by atoms with van der Waals surface area (Å²) in [6.45, 7) is 4.90. The van der Waals surface area contributed by atoms with Crippen LogP contribution in [0.1, 0.15) is 20.8 Å². The number of aliphatic carboxylic acids is 1. The fourth-order valence-corrected chi connectivity index (χ4v) is 3.10. The van der Waals surface area contributed by atoms with Gasteiger partial charge in [0.15, 0.2) is 0 Å². The number of carboxylic acid groups (broad SMARTS) is 1. The van der Waals surface area contributed by atoms with Crippen LogP contribution in [-0.4, -0.2) is 33.8 Å². The van der Waals surface area contributed by atoms with Crippen molar-refractivity contribution >= 4 is 17.8 Å². The Hall–Kier alpha value is -1.65. The first-order valence-electron chi connectivity index (χ1n) is 5.61. The molecule has 0 aromatic heterocycles. The molecule has 1 saturated heterocycles. The Morgan fingerprint density at radius 3 is 2.47 bits per heavy atom. The Kier molecular flexibility index (Phi) is 2.56. The number of fused-ring (bicyclic) bond motifs is 2. The molecule has 5 nitrogen and oxygen atoms in total. The van der Waals surface area contributed by atoms with Gasteiger partial charge in [0.25, 0.3) is 0 Å². The van der Waals surface area contributed by atoms with Crippen LogP contribution < -0.4 is 0 Å². The second-order valence-electron chi connectivity index (χ2n) is 4.83. The first kappa shape index (κ1) is 11.8. The molecule has 92 valence electrons. The molecule has 0 radical (unpaired) electrons. The van der Waals surface area contributed by atoms with Crippen LogP contribution in [0, 0.1) is 17.8 Å². The van der Waals surface area contributed by atoms with E-state index in [0.717, 1.165) is 10.5 Å². The summed E-state index contributed by atoms with van der Waals surface area (Å²) in [5.41, 5.74) is 0.794. The average molecular weight is 237 g/mol. The molecule has 5 heteroatoms. The normalized spacial score (nSPS) is 35.8. The lowest BCUT2D eigenvalue weighted by atomic mass is 9.74. The number of rotatable bonds is 1. The predicted molar refractivity (Wildman–Crippen MR) is 58.9 cm³/mol. The summed E-state index contributed by atoms with van der Waals surface area (Å²) in [5.74, 6) is -3.27. The van der Waals surface area contributed by atoms with Crippen molar-refractivity contribution in [2.24, 2.45) is 17.8 Å². The van der Waals surface area contributed by atoms with E-state index in [-0.39, 0.29) is 17.7 Å². The van der Waals surface area contributed by atoms with Crippen molar-refractivity contribution in [2.45, 2.75) is 26.8 Å². The molecule has 1 N–H and O–H groups in total. The lowest BCUT2D eigenvalue weighted by Crippen LogP contribution is -2.41. The van der Waals surface area contributed by atoms with Gasteiger partial charge in [-0.15, -0.1) is 0 Å². The zero-order valence-corrected chi connectivity index (χ0v) is 10.0. The number of allylic oxidation sites excluding steroid dienone is 1. The SMILES string of the molecule is CC(=O)N1C(=O)[C@@H]2[C@H](C(=O)O)[C@H]1C(C)=C[C@@H]2C. The number of carbonyl (C=O) groups excluding carboxylic acids is 2. The molecule has 1 heterocycles. The molecule has 0 saturated carbocycles. The molecule has 17 heavy (non-hydrogen) atoms. The Bertz CT molecular complexity index is 440. The molecule has 1 fully saturated rings. The van der Waals surface area contributed by atoms with Crippen molar-refractivity contribution in [3.63, 3.8) is 0 Å². The van der Waals surface area contributed by atoms with E-state index < -0.39 is 23.8 Å². The Morgan fingerprint density at radius 1 is 1.41 bits per heavy atom. The van der Waals surface area contributed by atoms with Crippen LogP contribution in [0.5, 0.6) is 0 Å². The Balaban J connectivity index is 2.54. The summed E-state index contributed by atoms with van der Waals surface area (Å²) in [5, 5.41) is 9.25. The molecular formula is C12H15NO4. The van der Waals surface area contributed by atoms with Crippen molar-refractivity contribution in [1.82, 2.24) is 4.90 Å². The number of amides is 2. The highest BCUT2D eigenvalue weighted by molar-refractivity contribution is 6.02. The van der Waals surface area contributed by atoms with Crippen LogP contribution in [0.2, 0.25) is 0 Å². The minimum atomic E-state index is -1.00. The minimum Gasteiger partial charge on any atom is -0.481 e. The van der Waals surface area contributed by atoms with Gasteiger partial charge in [-0.1, -0.05) is 18.6 Å². The van der Waals surface area contributed by atoms with Crippen LogP contribution in [0.3, 0.4) is 0 Å². The zero-order chi connectivity index (χ0) is 12.9. The first-order valence-corrected chi connectivity index (χ1v) is 5.61. The summed E-state index contributed by atoms with van der Waals surface area (Å²) < 4.78 is 0. The molecule has 0 spiro atoms. The molecule has 1 aliphatic heterocycles. The van der Waals surface area contributed by atoms with Gasteiger partial charge < -0.3 is 5.11 Å². The zero-order valence-electron chi connectivity index (χ0n) is 10.0. The van der Waals surface area contributed by atoms with Crippen molar-refractivity contribution in [3.8, 4) is 0 Å². The van der Waals surface area contributed by atoms with Gasteiger partial charge in [-0.25, -0.2) is 0 Å². The second kappa shape index (κ2) is 3.68. The lowest BCUT2D eigenvalue weighted by Gasteiger charge is -2.29. The van der Waals surface area contributed by atoms with Crippen LogP contribution in [-0.2, 0) is 14.4 Å². The number of nitrogens with zero attached hydrogens (tertiary/aromatic N) is 1. The lowest BCUT2D eigenvalue weighted by molar-refractivity contribution is -0.145. The summed E-state index contributed by atoms with van der Waals surface area (Å²) in [6, 6.07) is -0.598. The Labute approximate surface area is 99.1 Å². The van der Waals surface area contributed by atoms with Crippen molar-refractivity contribution < 1.29 is 19.5 Å². The number of carbonyl (C=O) groups is 3. The van der Waals surface area contributed by atoms with Gasteiger partial charge in [0, 0.05) is 6.92 Å². The van der Waals surface area contributed by atoms with E-state index in [1.165, 1.54) is 6.92 Å². The van der Waals surface area contributed by atoms with Gasteiger partial charge in [0.05, 0.1) is 17.9 Å². The largest absolute Gasteiger partial charge is 0.481 e. The molecule has 0 aromatic carbocycles. The van der Waals surface area contributed by atoms with E-state index in [4.69, 9.17) is 0 Å². The molecule has 1 aliphatic carbocycles. The van der Waals surface area contributed by atoms with Gasteiger partial charge in [0.2, 0.25) is 11.8 Å². The number of carboxylic acids is 1. The summed E-state index contributed by atoms with van der Waals surface area (Å²) in [7, 11) is 0. The molecule has 2 amide bonds. The van der Waals surface area contributed by atoms with E-state index in [9.17, 15) is 19.5 Å². The maximum Gasteiger partial charge on any atom is 0.309 e. The number of hydrogen-bond donors (Lipinski definition) is 1. The quantitative estimate of drug-likeness (QED) is 0.680. The van der Waals surface area contributed by atoms with Crippen LogP contribution in [0.25, 0.3) is 0 Å². The average Bonchev–Trinajstić information content (AvgIpc) is 2.46. The fraction of sp³-hybridized carbons (Fsp3) is 0.583. The summed E-state index contributed by atoms with van der Waals surface area (Å²) in [4.78, 5) is 36.0. The smallest absolute Gasteiger partial charge is 0.309 e. The van der Waals surface area contributed by atoms with E-state index >= 15 is 0 Å². The highest BCUT2D eigenvalue weighted by Gasteiger charge is 2.57. The van der Waals surface area contributed by atoms with E-state index in [0.29, 0.717) is 0 Å². The van der Waals surface area contributed by atoms with Gasteiger partial charge >= 0.3 is 5.97 Å². The number of imide groups is 1. The van der Waals surface area contributed by atoms with Crippen LogP contribution in [0.15, 0.2) is 11.6 Å². The number of hydrogen-bond acceptors (Lipinski definition) is 3. The molecular weight excluding hydrogens is 222 g/mol. The topological polar surface area (TPSA) is 74.7 Å². The van der Waals surface area contributed by atoms with Crippen LogP contribution >= 0.6 is 0 Å². The molecule has 2 bridgehead atoms. The van der Waals surface area contributed by atoms with Gasteiger partial charge in [0.1, 0.15) is 0 Å². The molecule has 2 aliphatic rings. The van der Waals surface area contributed by atoms with Gasteiger partial charge in [-0.2, -0.15) is 0 Å². The van der Waals surface area contributed by atoms with E-state index in [1.807, 2.05) is 13.0 Å².